The summed E-state index contributed by atoms with van der Waals surface area (Å²) < 4.78 is 0.401. The highest BCUT2D eigenvalue weighted by Gasteiger charge is 2.03. The lowest BCUT2D eigenvalue weighted by molar-refractivity contribution is 0.700. The molecule has 12 heavy (non-hydrogen) atoms. The zero-order chi connectivity index (χ0) is 9.14. The van der Waals surface area contributed by atoms with Gasteiger partial charge in [0.25, 0.3) is 5.56 Å². The Bertz CT molecular complexity index is 338. The molecule has 0 radical (unpaired) electrons. The molecule has 0 aromatic carbocycles. The molecule has 0 aliphatic rings. The van der Waals surface area contributed by atoms with Crippen molar-refractivity contribution < 1.29 is 0 Å². The molecular formula is C8H12N2OS. The van der Waals surface area contributed by atoms with Crippen LogP contribution in [0.2, 0.25) is 0 Å². The second-order valence-electron chi connectivity index (χ2n) is 2.85. The summed E-state index contributed by atoms with van der Waals surface area (Å²) in [4.78, 5) is 16.4. The Morgan fingerprint density at radius 2 is 2.25 bits per heavy atom. The van der Waals surface area contributed by atoms with Gasteiger partial charge in [0.05, 0.1) is 0 Å². The van der Waals surface area contributed by atoms with E-state index in [4.69, 9.17) is 12.2 Å². The third-order valence-electron chi connectivity index (χ3n) is 1.92. The molecule has 0 saturated carbocycles. The van der Waals surface area contributed by atoms with Gasteiger partial charge in [0, 0.05) is 11.8 Å². The Morgan fingerprint density at radius 3 is 2.75 bits per heavy atom. The Kier molecular flexibility index (Phi) is 2.81. The highest BCUT2D eigenvalue weighted by molar-refractivity contribution is 7.71. The molecule has 1 heterocycles. The Morgan fingerprint density at radius 1 is 1.58 bits per heavy atom. The first-order chi connectivity index (χ1) is 5.63. The molecular weight excluding hydrogens is 172 g/mol. The lowest BCUT2D eigenvalue weighted by Gasteiger charge is -2.06. The standard InChI is InChI=1S/C8H12N2OS/c1-3-5(2)6-4-7(11)10-8(12)9-6/h4-5H,3H2,1-2H3,(H2,9,10,11,12)/t5-/m1/s1. The zero-order valence-electron chi connectivity index (χ0n) is 7.18. The Balaban J connectivity index is 3.17. The predicted octanol–water partition coefficient (Wildman–Crippen LogP) is 1.95. The minimum absolute atomic E-state index is 0.131. The SMILES string of the molecule is CC[C@@H](C)c1cc(=O)[nH]c(=S)[nH]1. The first kappa shape index (κ1) is 9.19. The first-order valence-electron chi connectivity index (χ1n) is 3.97. The lowest BCUT2D eigenvalue weighted by atomic mass is 10.1. The Labute approximate surface area is 75.9 Å². The van der Waals surface area contributed by atoms with E-state index in [9.17, 15) is 4.79 Å². The van der Waals surface area contributed by atoms with Crippen molar-refractivity contribution in [1.29, 1.82) is 0 Å². The van der Waals surface area contributed by atoms with Gasteiger partial charge in [-0.15, -0.1) is 0 Å². The molecule has 0 unspecified atom stereocenters. The van der Waals surface area contributed by atoms with Crippen LogP contribution in [0.15, 0.2) is 10.9 Å². The van der Waals surface area contributed by atoms with Crippen LogP contribution in [0.4, 0.5) is 0 Å². The number of nitrogens with one attached hydrogen (secondary N) is 2. The average molecular weight is 184 g/mol. The molecule has 1 rings (SSSR count). The van der Waals surface area contributed by atoms with Crippen molar-refractivity contribution >= 4 is 12.2 Å². The first-order valence-corrected chi connectivity index (χ1v) is 4.38. The molecule has 66 valence electrons. The van der Waals surface area contributed by atoms with Gasteiger partial charge in [0.1, 0.15) is 0 Å². The van der Waals surface area contributed by atoms with Crippen molar-refractivity contribution in [2.75, 3.05) is 0 Å². The number of hydrogen-bond acceptors (Lipinski definition) is 2. The average Bonchev–Trinajstić information content (AvgIpc) is 2.01. The van der Waals surface area contributed by atoms with E-state index in [1.54, 1.807) is 6.07 Å². The van der Waals surface area contributed by atoms with Crippen LogP contribution < -0.4 is 5.56 Å². The number of aromatic amines is 2. The van der Waals surface area contributed by atoms with Crippen molar-refractivity contribution in [3.05, 3.63) is 26.9 Å². The Hall–Kier alpha value is -0.900. The van der Waals surface area contributed by atoms with Crippen LogP contribution in [0.3, 0.4) is 0 Å². The van der Waals surface area contributed by atoms with E-state index in [1.165, 1.54) is 0 Å². The maximum absolute atomic E-state index is 11.0. The third kappa shape index (κ3) is 2.04. The van der Waals surface area contributed by atoms with Crippen molar-refractivity contribution in [1.82, 2.24) is 9.97 Å². The molecule has 1 atom stereocenters. The molecule has 0 aliphatic carbocycles. The van der Waals surface area contributed by atoms with Gasteiger partial charge in [0.2, 0.25) is 0 Å². The van der Waals surface area contributed by atoms with Gasteiger partial charge in [-0.3, -0.25) is 9.78 Å². The fourth-order valence-corrected chi connectivity index (χ4v) is 1.19. The van der Waals surface area contributed by atoms with Gasteiger partial charge >= 0.3 is 0 Å². The van der Waals surface area contributed by atoms with Gasteiger partial charge in [0.15, 0.2) is 4.77 Å². The summed E-state index contributed by atoms with van der Waals surface area (Å²) in [5, 5.41) is 0. The quantitative estimate of drug-likeness (QED) is 0.690. The van der Waals surface area contributed by atoms with E-state index >= 15 is 0 Å². The molecule has 1 aromatic heterocycles. The van der Waals surface area contributed by atoms with Gasteiger partial charge in [-0.2, -0.15) is 0 Å². The van der Waals surface area contributed by atoms with Crippen LogP contribution in [0.25, 0.3) is 0 Å². The third-order valence-corrected chi connectivity index (χ3v) is 2.13. The van der Waals surface area contributed by atoms with Crippen LogP contribution >= 0.6 is 12.2 Å². The van der Waals surface area contributed by atoms with Gasteiger partial charge in [-0.05, 0) is 24.6 Å². The largest absolute Gasteiger partial charge is 0.336 e. The summed E-state index contributed by atoms with van der Waals surface area (Å²) in [7, 11) is 0. The predicted molar refractivity (Wildman–Crippen MR) is 51.0 cm³/mol. The van der Waals surface area contributed by atoms with E-state index in [1.807, 2.05) is 0 Å². The molecule has 1 aromatic rings. The summed E-state index contributed by atoms with van der Waals surface area (Å²) in [6.45, 7) is 4.13. The number of hydrogen-bond donors (Lipinski definition) is 2. The molecule has 3 nitrogen and oxygen atoms in total. The van der Waals surface area contributed by atoms with Gasteiger partial charge < -0.3 is 4.98 Å². The monoisotopic (exact) mass is 184 g/mol. The maximum atomic E-state index is 11.0. The number of H-pyrrole nitrogens is 2. The van der Waals surface area contributed by atoms with Crippen molar-refractivity contribution in [2.24, 2.45) is 0 Å². The van der Waals surface area contributed by atoms with Crippen LogP contribution in [-0.2, 0) is 0 Å². The summed E-state index contributed by atoms with van der Waals surface area (Å²) >= 11 is 4.84. The zero-order valence-corrected chi connectivity index (χ0v) is 7.99. The van der Waals surface area contributed by atoms with E-state index in [0.717, 1.165) is 12.1 Å². The van der Waals surface area contributed by atoms with Crippen LogP contribution in [0.1, 0.15) is 31.9 Å². The maximum Gasteiger partial charge on any atom is 0.251 e. The normalized spacial score (nSPS) is 12.8. The molecule has 0 bridgehead atoms. The lowest BCUT2D eigenvalue weighted by Crippen LogP contribution is -2.09. The number of rotatable bonds is 2. The van der Waals surface area contributed by atoms with Crippen molar-refractivity contribution in [3.63, 3.8) is 0 Å². The molecule has 0 saturated heterocycles. The fraction of sp³-hybridized carbons (Fsp3) is 0.500. The highest BCUT2D eigenvalue weighted by atomic mass is 32.1. The molecule has 4 heteroatoms. The van der Waals surface area contributed by atoms with Crippen LogP contribution in [0, 0.1) is 4.77 Å². The number of aromatic nitrogens is 2. The summed E-state index contributed by atoms with van der Waals surface area (Å²) in [5.74, 6) is 0.356. The van der Waals surface area contributed by atoms with E-state index in [-0.39, 0.29) is 5.56 Å². The summed E-state index contributed by atoms with van der Waals surface area (Å²) in [5.41, 5.74) is 0.778. The molecule has 0 amide bonds. The van der Waals surface area contributed by atoms with Crippen LogP contribution in [-0.4, -0.2) is 9.97 Å². The second-order valence-corrected chi connectivity index (χ2v) is 3.26. The van der Waals surface area contributed by atoms with E-state index < -0.39 is 0 Å². The molecule has 0 spiro atoms. The highest BCUT2D eigenvalue weighted by Crippen LogP contribution is 2.13. The summed E-state index contributed by atoms with van der Waals surface area (Å²) in [6, 6.07) is 1.56. The molecule has 0 aliphatic heterocycles. The molecule has 2 N–H and O–H groups in total. The second kappa shape index (κ2) is 3.67. The van der Waals surface area contributed by atoms with Crippen molar-refractivity contribution in [2.45, 2.75) is 26.2 Å². The fourth-order valence-electron chi connectivity index (χ4n) is 0.973. The van der Waals surface area contributed by atoms with E-state index in [0.29, 0.717) is 10.7 Å². The smallest absolute Gasteiger partial charge is 0.251 e. The minimum Gasteiger partial charge on any atom is -0.336 e. The van der Waals surface area contributed by atoms with Gasteiger partial charge in [-0.1, -0.05) is 13.8 Å². The minimum atomic E-state index is -0.131. The summed E-state index contributed by atoms with van der Waals surface area (Å²) in [6.07, 6.45) is 0.995. The topological polar surface area (TPSA) is 48.6 Å². The van der Waals surface area contributed by atoms with Crippen molar-refractivity contribution in [3.8, 4) is 0 Å². The molecule has 0 fully saturated rings. The van der Waals surface area contributed by atoms with Gasteiger partial charge in [-0.25, -0.2) is 0 Å². The van der Waals surface area contributed by atoms with E-state index in [2.05, 4.69) is 23.8 Å². The van der Waals surface area contributed by atoms with Crippen LogP contribution in [0.5, 0.6) is 0 Å².